The van der Waals surface area contributed by atoms with Crippen molar-refractivity contribution in [2.24, 2.45) is 0 Å². The van der Waals surface area contributed by atoms with E-state index in [-0.39, 0.29) is 30.3 Å². The molecule has 0 aliphatic rings. The Morgan fingerprint density at radius 2 is 1.62 bits per heavy atom. The second kappa shape index (κ2) is 8.10. The Kier molecular flexibility index (Phi) is 5.89. The summed E-state index contributed by atoms with van der Waals surface area (Å²) in [7, 11) is 3.00. The van der Waals surface area contributed by atoms with Gasteiger partial charge in [0.05, 0.1) is 14.2 Å². The van der Waals surface area contributed by atoms with Crippen molar-refractivity contribution in [3.8, 4) is 11.5 Å². The standard InChI is InChI=1S/C18H18FNO4/c1-23-16-9-3-12(11-17(16)24-2)15(21)8-10-18(22)20-14-6-4-13(19)5-7-14/h3-7,9,11H,8,10H2,1-2H3,(H,20,22). The Hall–Kier alpha value is -2.89. The van der Waals surface area contributed by atoms with Crippen LogP contribution in [0.1, 0.15) is 23.2 Å². The van der Waals surface area contributed by atoms with E-state index in [0.717, 1.165) is 0 Å². The van der Waals surface area contributed by atoms with Crippen molar-refractivity contribution >= 4 is 17.4 Å². The van der Waals surface area contributed by atoms with E-state index in [1.165, 1.54) is 38.5 Å². The van der Waals surface area contributed by atoms with Crippen molar-refractivity contribution in [1.82, 2.24) is 0 Å². The molecule has 0 bridgehead atoms. The number of ether oxygens (including phenoxy) is 2. The molecule has 2 aromatic carbocycles. The third-order valence-corrected chi connectivity index (χ3v) is 3.41. The third-order valence-electron chi connectivity index (χ3n) is 3.41. The van der Waals surface area contributed by atoms with E-state index >= 15 is 0 Å². The first-order valence-electron chi connectivity index (χ1n) is 7.34. The number of methoxy groups -OCH3 is 2. The molecule has 0 heterocycles. The highest BCUT2D eigenvalue weighted by atomic mass is 19.1. The minimum Gasteiger partial charge on any atom is -0.493 e. The lowest BCUT2D eigenvalue weighted by atomic mass is 10.1. The van der Waals surface area contributed by atoms with Gasteiger partial charge in [-0.2, -0.15) is 0 Å². The molecule has 0 atom stereocenters. The van der Waals surface area contributed by atoms with E-state index in [1.54, 1.807) is 18.2 Å². The molecule has 2 aromatic rings. The molecular weight excluding hydrogens is 313 g/mol. The van der Waals surface area contributed by atoms with E-state index in [0.29, 0.717) is 22.7 Å². The van der Waals surface area contributed by atoms with Crippen LogP contribution in [0.4, 0.5) is 10.1 Å². The number of nitrogens with one attached hydrogen (secondary N) is 1. The van der Waals surface area contributed by atoms with E-state index in [4.69, 9.17) is 9.47 Å². The lowest BCUT2D eigenvalue weighted by Gasteiger charge is -2.09. The van der Waals surface area contributed by atoms with E-state index in [2.05, 4.69) is 5.32 Å². The van der Waals surface area contributed by atoms with Crippen LogP contribution in [-0.4, -0.2) is 25.9 Å². The maximum Gasteiger partial charge on any atom is 0.224 e. The maximum atomic E-state index is 12.8. The summed E-state index contributed by atoms with van der Waals surface area (Å²) in [5.41, 5.74) is 0.933. The average Bonchev–Trinajstić information content (AvgIpc) is 2.61. The minimum atomic E-state index is -0.378. The van der Waals surface area contributed by atoms with Crippen LogP contribution in [0, 0.1) is 5.82 Å². The summed E-state index contributed by atoms with van der Waals surface area (Å²) in [4.78, 5) is 24.0. The van der Waals surface area contributed by atoms with Gasteiger partial charge in [-0.1, -0.05) is 0 Å². The number of anilines is 1. The number of rotatable bonds is 7. The van der Waals surface area contributed by atoms with Crippen LogP contribution in [0.2, 0.25) is 0 Å². The van der Waals surface area contributed by atoms with Gasteiger partial charge in [-0.05, 0) is 42.5 Å². The molecule has 0 radical (unpaired) electrons. The number of benzene rings is 2. The molecule has 6 heteroatoms. The maximum absolute atomic E-state index is 12.8. The lowest BCUT2D eigenvalue weighted by Crippen LogP contribution is -2.13. The zero-order valence-corrected chi connectivity index (χ0v) is 13.5. The molecule has 126 valence electrons. The highest BCUT2D eigenvalue weighted by Gasteiger charge is 2.13. The molecule has 5 nitrogen and oxygen atoms in total. The van der Waals surface area contributed by atoms with E-state index in [1.807, 2.05) is 0 Å². The molecule has 0 spiro atoms. The molecule has 1 N–H and O–H groups in total. The molecule has 2 rings (SSSR count). The number of carbonyl (C=O) groups excluding carboxylic acids is 2. The Bertz CT molecular complexity index is 728. The first-order valence-corrected chi connectivity index (χ1v) is 7.34. The summed E-state index contributed by atoms with van der Waals surface area (Å²) in [6, 6.07) is 10.3. The fourth-order valence-corrected chi connectivity index (χ4v) is 2.14. The van der Waals surface area contributed by atoms with Crippen LogP contribution in [0.5, 0.6) is 11.5 Å². The van der Waals surface area contributed by atoms with Crippen LogP contribution in [0.25, 0.3) is 0 Å². The van der Waals surface area contributed by atoms with Crippen molar-refractivity contribution in [2.75, 3.05) is 19.5 Å². The first kappa shape index (κ1) is 17.5. The molecule has 0 saturated carbocycles. The summed E-state index contributed by atoms with van der Waals surface area (Å²) in [5.74, 6) is 0.125. The van der Waals surface area contributed by atoms with Gasteiger partial charge in [-0.25, -0.2) is 4.39 Å². The summed E-state index contributed by atoms with van der Waals surface area (Å²) >= 11 is 0. The van der Waals surface area contributed by atoms with Gasteiger partial charge in [0.2, 0.25) is 5.91 Å². The number of ketones is 1. The second-order valence-corrected chi connectivity index (χ2v) is 5.05. The minimum absolute atomic E-state index is 0.0323. The summed E-state index contributed by atoms with van der Waals surface area (Å²) < 4.78 is 23.1. The van der Waals surface area contributed by atoms with Gasteiger partial charge in [0.25, 0.3) is 0 Å². The van der Waals surface area contributed by atoms with E-state index < -0.39 is 0 Å². The fraction of sp³-hybridized carbons (Fsp3) is 0.222. The summed E-state index contributed by atoms with van der Waals surface area (Å²) in [6.45, 7) is 0. The monoisotopic (exact) mass is 331 g/mol. The number of carbonyl (C=O) groups is 2. The highest BCUT2D eigenvalue weighted by molar-refractivity contribution is 6.00. The summed E-state index contributed by atoms with van der Waals surface area (Å²) in [6.07, 6.45) is 0.0903. The van der Waals surface area contributed by atoms with Gasteiger partial charge in [0, 0.05) is 24.1 Å². The summed E-state index contributed by atoms with van der Waals surface area (Å²) in [5, 5.41) is 2.61. The number of hydrogen-bond acceptors (Lipinski definition) is 4. The van der Waals surface area contributed by atoms with Gasteiger partial charge in [-0.15, -0.1) is 0 Å². The number of Topliss-reactive ketones (excluding diaryl/α,β-unsaturated/α-hetero) is 1. The number of hydrogen-bond donors (Lipinski definition) is 1. The molecule has 1 amide bonds. The molecule has 0 aromatic heterocycles. The molecule has 0 saturated heterocycles. The quantitative estimate of drug-likeness (QED) is 0.789. The molecule has 0 fully saturated rings. The van der Waals surface area contributed by atoms with Crippen LogP contribution in [0.15, 0.2) is 42.5 Å². The Morgan fingerprint density at radius 1 is 0.958 bits per heavy atom. The van der Waals surface area contributed by atoms with Gasteiger partial charge in [0.15, 0.2) is 17.3 Å². The molecule has 0 aliphatic heterocycles. The van der Waals surface area contributed by atoms with Gasteiger partial charge < -0.3 is 14.8 Å². The SMILES string of the molecule is COc1ccc(C(=O)CCC(=O)Nc2ccc(F)cc2)cc1OC. The first-order chi connectivity index (χ1) is 11.5. The largest absolute Gasteiger partial charge is 0.493 e. The smallest absolute Gasteiger partial charge is 0.224 e. The predicted octanol–water partition coefficient (Wildman–Crippen LogP) is 3.44. The van der Waals surface area contributed by atoms with Gasteiger partial charge >= 0.3 is 0 Å². The van der Waals surface area contributed by atoms with Crippen molar-refractivity contribution in [3.63, 3.8) is 0 Å². The van der Waals surface area contributed by atoms with Gasteiger partial charge in [-0.3, -0.25) is 9.59 Å². The zero-order valence-electron chi connectivity index (χ0n) is 13.5. The Labute approximate surface area is 139 Å². The van der Waals surface area contributed by atoms with Crippen LogP contribution < -0.4 is 14.8 Å². The topological polar surface area (TPSA) is 64.6 Å². The molecular formula is C18H18FNO4. The molecule has 0 unspecified atom stereocenters. The van der Waals surface area contributed by atoms with Crippen molar-refractivity contribution in [1.29, 1.82) is 0 Å². The molecule has 0 aliphatic carbocycles. The molecule has 24 heavy (non-hydrogen) atoms. The highest BCUT2D eigenvalue weighted by Crippen LogP contribution is 2.28. The fourth-order valence-electron chi connectivity index (χ4n) is 2.14. The average molecular weight is 331 g/mol. The van der Waals surface area contributed by atoms with Gasteiger partial charge in [0.1, 0.15) is 5.82 Å². The lowest BCUT2D eigenvalue weighted by molar-refractivity contribution is -0.116. The van der Waals surface area contributed by atoms with E-state index in [9.17, 15) is 14.0 Å². The Morgan fingerprint density at radius 3 is 2.25 bits per heavy atom. The van der Waals surface area contributed by atoms with Crippen molar-refractivity contribution in [3.05, 3.63) is 53.8 Å². The van der Waals surface area contributed by atoms with Crippen LogP contribution in [-0.2, 0) is 4.79 Å². The predicted molar refractivity (Wildman–Crippen MR) is 88.1 cm³/mol. The second-order valence-electron chi connectivity index (χ2n) is 5.05. The van der Waals surface area contributed by atoms with Crippen molar-refractivity contribution < 1.29 is 23.5 Å². The van der Waals surface area contributed by atoms with Crippen molar-refractivity contribution in [2.45, 2.75) is 12.8 Å². The van der Waals surface area contributed by atoms with Crippen LogP contribution in [0.3, 0.4) is 0 Å². The number of halogens is 1. The Balaban J connectivity index is 1.92. The zero-order chi connectivity index (χ0) is 17.5. The third kappa shape index (κ3) is 4.55. The van der Waals surface area contributed by atoms with Crippen LogP contribution >= 0.6 is 0 Å². The normalized spacial score (nSPS) is 10.1. The number of amides is 1.